The number of nitrogens with two attached hydrogens (primary N) is 2. The Labute approximate surface area is 219 Å². The first-order valence-electron chi connectivity index (χ1n) is 13.0. The fourth-order valence-electron chi connectivity index (χ4n) is 6.91. The van der Waals surface area contributed by atoms with Gasteiger partial charge in [0.25, 0.3) is 5.91 Å². The largest absolute Gasteiger partial charge is 0.510 e. The number of primary amides is 1. The van der Waals surface area contributed by atoms with E-state index >= 15 is 0 Å². The van der Waals surface area contributed by atoms with Gasteiger partial charge in [-0.25, -0.2) is 0 Å². The van der Waals surface area contributed by atoms with Gasteiger partial charge in [0.05, 0.1) is 18.2 Å². The molecule has 204 valence electrons. The van der Waals surface area contributed by atoms with Crippen molar-refractivity contribution in [2.45, 2.75) is 57.2 Å². The Morgan fingerprint density at radius 1 is 1.24 bits per heavy atom. The molecular weight excluding hydrogens is 494 g/mol. The Hall–Kier alpha value is -3.41. The molecule has 1 aliphatic heterocycles. The van der Waals surface area contributed by atoms with Crippen LogP contribution in [0.4, 0.5) is 0 Å². The second-order valence-corrected chi connectivity index (χ2v) is 10.5. The van der Waals surface area contributed by atoms with Gasteiger partial charge in [0.15, 0.2) is 11.4 Å². The number of amides is 1. The highest BCUT2D eigenvalue weighted by Gasteiger charge is 2.62. The minimum Gasteiger partial charge on any atom is -0.510 e. The topological polar surface area (TPSA) is 197 Å². The minimum atomic E-state index is -2.72. The van der Waals surface area contributed by atoms with Crippen LogP contribution < -0.4 is 16.2 Å². The number of Topliss-reactive ketones (excluding diaryl/α,β-unsaturated/α-hetero) is 2. The molecule has 3 aliphatic carbocycles. The van der Waals surface area contributed by atoms with Crippen LogP contribution >= 0.6 is 0 Å². The number of fused-ring (bicyclic) bond motifs is 3. The first kappa shape index (κ1) is 26.2. The van der Waals surface area contributed by atoms with Crippen LogP contribution in [-0.4, -0.2) is 74.1 Å². The second kappa shape index (κ2) is 9.11. The van der Waals surface area contributed by atoms with Crippen molar-refractivity contribution >= 4 is 17.5 Å². The van der Waals surface area contributed by atoms with Gasteiger partial charge in [0, 0.05) is 28.7 Å². The summed E-state index contributed by atoms with van der Waals surface area (Å²) in [6, 6.07) is 0.156. The number of nitrogens with zero attached hydrogens (tertiary/aromatic N) is 1. The van der Waals surface area contributed by atoms with Crippen LogP contribution in [0.5, 0.6) is 11.5 Å². The van der Waals surface area contributed by atoms with Crippen molar-refractivity contribution in [1.29, 1.82) is 0 Å². The van der Waals surface area contributed by atoms with Gasteiger partial charge >= 0.3 is 0 Å². The maximum atomic E-state index is 13.8. The Morgan fingerprint density at radius 3 is 2.58 bits per heavy atom. The summed E-state index contributed by atoms with van der Waals surface area (Å²) in [6.07, 6.45) is 1.97. The van der Waals surface area contributed by atoms with Gasteiger partial charge in [0.2, 0.25) is 5.78 Å². The lowest BCUT2D eigenvalue weighted by Gasteiger charge is -2.47. The normalized spacial score (nSPS) is 31.3. The fraction of sp³-hybridized carbons (Fsp3) is 0.519. The lowest BCUT2D eigenvalue weighted by Crippen LogP contribution is -2.63. The van der Waals surface area contributed by atoms with Gasteiger partial charge in [-0.05, 0) is 57.7 Å². The molecule has 0 aromatic heterocycles. The molecule has 4 aliphatic rings. The van der Waals surface area contributed by atoms with Gasteiger partial charge < -0.3 is 36.6 Å². The molecule has 11 heteroatoms. The van der Waals surface area contributed by atoms with E-state index in [1.807, 2.05) is 6.92 Å². The number of allylic oxidation sites excluding steroid dienone is 1. The van der Waals surface area contributed by atoms with E-state index in [0.717, 1.165) is 31.5 Å². The van der Waals surface area contributed by atoms with Crippen molar-refractivity contribution in [1.82, 2.24) is 4.90 Å². The van der Waals surface area contributed by atoms with Gasteiger partial charge in [0.1, 0.15) is 28.6 Å². The summed E-state index contributed by atoms with van der Waals surface area (Å²) in [5.74, 6) is -6.74. The molecule has 38 heavy (non-hydrogen) atoms. The minimum absolute atomic E-state index is 0.00772. The maximum Gasteiger partial charge on any atom is 0.255 e. The maximum absolute atomic E-state index is 13.8. The number of likely N-dealkylation sites (tertiary alicyclic amines) is 1. The number of hydrogen-bond acceptors (Lipinski definition) is 10. The van der Waals surface area contributed by atoms with E-state index in [4.69, 9.17) is 16.2 Å². The molecular formula is C27H33N3O8. The highest BCUT2D eigenvalue weighted by atomic mass is 16.5. The van der Waals surface area contributed by atoms with Gasteiger partial charge in [-0.15, -0.1) is 0 Å². The molecule has 1 saturated heterocycles. The molecule has 1 amide bonds. The summed E-state index contributed by atoms with van der Waals surface area (Å²) in [7, 11) is 0. The van der Waals surface area contributed by atoms with Gasteiger partial charge in [-0.3, -0.25) is 19.3 Å². The van der Waals surface area contributed by atoms with E-state index in [0.29, 0.717) is 17.9 Å². The Morgan fingerprint density at radius 2 is 1.95 bits per heavy atom. The fourth-order valence-corrected chi connectivity index (χ4v) is 6.91. The number of ketones is 2. The van der Waals surface area contributed by atoms with Crippen molar-refractivity contribution in [3.8, 4) is 11.5 Å². The average Bonchev–Trinajstić information content (AvgIpc) is 3.34. The standard InChI is InChI=1S/C27H33N3O8/c1-3-30-7-5-6-15(30)12-10-16(31)18-13(23(12)38-4-2)8-11-9-14-20(28)22(33)19(26(29)36)25(35)27(14,37)24(34)17(11)21(18)32/h10-11,14-15,20,31,33-34,37H,3-9,28H2,1-2H3,(H2,29,36)/t11-,14-,15-,20-,27-/m0/s1. The summed E-state index contributed by atoms with van der Waals surface area (Å²) >= 11 is 0. The lowest BCUT2D eigenvalue weighted by atomic mass is 9.59. The van der Waals surface area contributed by atoms with Crippen LogP contribution in [0.2, 0.25) is 0 Å². The predicted octanol–water partition coefficient (Wildman–Crippen LogP) is 1.07. The smallest absolute Gasteiger partial charge is 0.255 e. The SMILES string of the molecule is CCOc1c([C@@H]2CCCN2CC)cc(O)c2c1C[C@H]1C[C@H]3[C@H](N)C(O)=C(C(N)=O)C(=O)[C@@]3(O)C(O)=C1C2=O. The number of aromatic hydroxyl groups is 1. The van der Waals surface area contributed by atoms with Gasteiger partial charge in [-0.2, -0.15) is 0 Å². The number of benzene rings is 1. The predicted molar refractivity (Wildman–Crippen MR) is 135 cm³/mol. The zero-order valence-electron chi connectivity index (χ0n) is 21.4. The summed E-state index contributed by atoms with van der Waals surface area (Å²) in [4.78, 5) is 41.2. The highest BCUT2D eigenvalue weighted by Crippen LogP contribution is 2.53. The summed E-state index contributed by atoms with van der Waals surface area (Å²) < 4.78 is 6.08. The Bertz CT molecular complexity index is 1320. The molecule has 0 bridgehead atoms. The third kappa shape index (κ3) is 3.41. The Kier molecular flexibility index (Phi) is 6.28. The van der Waals surface area contributed by atoms with Crippen LogP contribution in [0, 0.1) is 11.8 Å². The average molecular weight is 528 g/mol. The molecule has 0 radical (unpaired) electrons. The molecule has 1 aromatic carbocycles. The number of carbonyl (C=O) groups excluding carboxylic acids is 3. The second-order valence-electron chi connectivity index (χ2n) is 10.5. The first-order valence-corrected chi connectivity index (χ1v) is 13.0. The monoisotopic (exact) mass is 527 g/mol. The zero-order chi connectivity index (χ0) is 27.7. The van der Waals surface area contributed by atoms with Crippen molar-refractivity contribution < 1.29 is 39.5 Å². The molecule has 5 rings (SSSR count). The van der Waals surface area contributed by atoms with Crippen molar-refractivity contribution in [3.63, 3.8) is 0 Å². The molecule has 1 aromatic rings. The molecule has 0 spiro atoms. The molecule has 1 fully saturated rings. The van der Waals surface area contributed by atoms with Crippen molar-refractivity contribution in [2.75, 3.05) is 19.7 Å². The third-order valence-electron chi connectivity index (χ3n) is 8.65. The van der Waals surface area contributed by atoms with Crippen molar-refractivity contribution in [3.05, 3.63) is 45.4 Å². The first-order chi connectivity index (χ1) is 18.0. The van der Waals surface area contributed by atoms with E-state index in [1.54, 1.807) is 0 Å². The van der Waals surface area contributed by atoms with Crippen LogP contribution in [0.25, 0.3) is 0 Å². The molecule has 1 heterocycles. The van der Waals surface area contributed by atoms with E-state index in [9.17, 15) is 34.8 Å². The van der Waals surface area contributed by atoms with Crippen LogP contribution in [0.1, 0.15) is 60.6 Å². The van der Waals surface area contributed by atoms with Gasteiger partial charge in [-0.1, -0.05) is 6.92 Å². The number of ether oxygens (including phenoxy) is 1. The van der Waals surface area contributed by atoms with Crippen LogP contribution in [0.3, 0.4) is 0 Å². The van der Waals surface area contributed by atoms with Crippen LogP contribution in [0.15, 0.2) is 28.7 Å². The quantitative estimate of drug-likeness (QED) is 0.301. The van der Waals surface area contributed by atoms with E-state index in [-0.39, 0.29) is 35.8 Å². The summed E-state index contributed by atoms with van der Waals surface area (Å²) in [5, 5.41) is 44.3. The number of hydrogen-bond donors (Lipinski definition) is 6. The zero-order valence-corrected chi connectivity index (χ0v) is 21.4. The lowest BCUT2D eigenvalue weighted by molar-refractivity contribution is -0.145. The highest BCUT2D eigenvalue weighted by molar-refractivity contribution is 6.24. The summed E-state index contributed by atoms with van der Waals surface area (Å²) in [5.41, 5.74) is 8.76. The third-order valence-corrected chi connectivity index (χ3v) is 8.65. The number of aliphatic hydroxyl groups is 3. The van der Waals surface area contributed by atoms with E-state index in [1.165, 1.54) is 6.07 Å². The van der Waals surface area contributed by atoms with Crippen LogP contribution in [-0.2, 0) is 16.0 Å². The molecule has 8 N–H and O–H groups in total. The number of rotatable bonds is 5. The number of carbonyl (C=O) groups is 3. The molecule has 11 nitrogen and oxygen atoms in total. The number of phenolic OH excluding ortho intramolecular Hbond substituents is 1. The number of phenols is 1. The van der Waals surface area contributed by atoms with E-state index < -0.39 is 58.0 Å². The Balaban J connectivity index is 1.68. The molecule has 0 unspecified atom stereocenters. The summed E-state index contributed by atoms with van der Waals surface area (Å²) in [6.45, 7) is 5.93. The molecule has 0 saturated carbocycles. The number of aliphatic hydroxyl groups excluding tert-OH is 2. The van der Waals surface area contributed by atoms with Crippen molar-refractivity contribution in [2.24, 2.45) is 23.3 Å². The van der Waals surface area contributed by atoms with E-state index in [2.05, 4.69) is 11.8 Å². The molecule has 5 atom stereocenters.